The van der Waals surface area contributed by atoms with E-state index in [9.17, 15) is 4.79 Å². The molecule has 0 atom stereocenters. The number of nitrogens with zero attached hydrogens (tertiary/aromatic N) is 2. The number of amides is 1. The number of hydrogen-bond acceptors (Lipinski definition) is 2. The quantitative estimate of drug-likeness (QED) is 0.806. The minimum absolute atomic E-state index is 0.179. The average Bonchev–Trinajstić information content (AvgIpc) is 2.62. The van der Waals surface area contributed by atoms with Crippen molar-refractivity contribution in [2.45, 2.75) is 0 Å². The molecule has 2 aromatic rings. The van der Waals surface area contributed by atoms with Gasteiger partial charge in [0, 0.05) is 19.3 Å². The van der Waals surface area contributed by atoms with Crippen molar-refractivity contribution in [3.63, 3.8) is 0 Å². The van der Waals surface area contributed by atoms with E-state index in [1.807, 2.05) is 28.8 Å². The number of likely N-dealkylation sites (N-methyl/N-ethyl adjacent to an activating group) is 1. The molecule has 0 radical (unpaired) electrons. The Hall–Kier alpha value is -1.81. The lowest BCUT2D eigenvalue weighted by Crippen LogP contribution is -2.13. The minimum Gasteiger partial charge on any atom is -0.356 e. The molecule has 0 fully saturated rings. The summed E-state index contributed by atoms with van der Waals surface area (Å²) in [5, 5.41) is 2.88. The summed E-state index contributed by atoms with van der Waals surface area (Å²) in [6.45, 7) is 0. The molecular formula is C11H10ClN3O. The van der Waals surface area contributed by atoms with Gasteiger partial charge in [-0.2, -0.15) is 0 Å². The smallest absolute Gasteiger partial charge is 0.243 e. The first-order valence-corrected chi connectivity index (χ1v) is 5.12. The Morgan fingerprint density at radius 1 is 1.56 bits per heavy atom. The Kier molecular flexibility index (Phi) is 2.92. The van der Waals surface area contributed by atoms with Crippen molar-refractivity contribution in [1.29, 1.82) is 0 Å². The van der Waals surface area contributed by atoms with E-state index in [1.165, 1.54) is 6.08 Å². The molecule has 0 aromatic carbocycles. The van der Waals surface area contributed by atoms with Crippen LogP contribution in [0.2, 0.25) is 5.15 Å². The molecule has 0 saturated carbocycles. The molecule has 4 nitrogen and oxygen atoms in total. The topological polar surface area (TPSA) is 46.4 Å². The Labute approximate surface area is 97.6 Å². The van der Waals surface area contributed by atoms with Gasteiger partial charge in [-0.3, -0.25) is 9.20 Å². The predicted molar refractivity (Wildman–Crippen MR) is 63.3 cm³/mol. The van der Waals surface area contributed by atoms with E-state index in [2.05, 4.69) is 10.3 Å². The second-order valence-electron chi connectivity index (χ2n) is 3.16. The third-order valence-corrected chi connectivity index (χ3v) is 2.44. The summed E-state index contributed by atoms with van der Waals surface area (Å²) in [7, 11) is 1.57. The molecule has 1 N–H and O–H groups in total. The van der Waals surface area contributed by atoms with E-state index in [4.69, 9.17) is 11.6 Å². The van der Waals surface area contributed by atoms with Gasteiger partial charge in [0.1, 0.15) is 5.65 Å². The third kappa shape index (κ3) is 1.92. The normalized spacial score (nSPS) is 11.1. The van der Waals surface area contributed by atoms with E-state index < -0.39 is 0 Å². The molecule has 0 saturated heterocycles. The third-order valence-electron chi connectivity index (χ3n) is 2.16. The first kappa shape index (κ1) is 10.7. The highest BCUT2D eigenvalue weighted by Crippen LogP contribution is 2.18. The maximum absolute atomic E-state index is 11.1. The number of halogens is 1. The first-order chi connectivity index (χ1) is 7.72. The van der Waals surface area contributed by atoms with E-state index in [-0.39, 0.29) is 5.91 Å². The molecular weight excluding hydrogens is 226 g/mol. The molecule has 0 aliphatic rings. The zero-order valence-corrected chi connectivity index (χ0v) is 9.40. The van der Waals surface area contributed by atoms with Gasteiger partial charge in [0.15, 0.2) is 5.15 Å². The summed E-state index contributed by atoms with van der Waals surface area (Å²) in [6, 6.07) is 5.61. The maximum Gasteiger partial charge on any atom is 0.243 e. The number of carbonyl (C=O) groups excluding carboxylic acids is 1. The molecule has 0 aliphatic heterocycles. The van der Waals surface area contributed by atoms with E-state index in [1.54, 1.807) is 13.1 Å². The van der Waals surface area contributed by atoms with Crippen molar-refractivity contribution in [2.24, 2.45) is 0 Å². The van der Waals surface area contributed by atoms with Crippen LogP contribution in [-0.2, 0) is 4.79 Å². The van der Waals surface area contributed by atoms with Crippen LogP contribution >= 0.6 is 11.6 Å². The minimum atomic E-state index is -0.179. The number of nitrogens with one attached hydrogen (secondary N) is 1. The van der Waals surface area contributed by atoms with Crippen LogP contribution in [0.15, 0.2) is 30.5 Å². The molecule has 5 heteroatoms. The lowest BCUT2D eigenvalue weighted by atomic mass is 10.4. The van der Waals surface area contributed by atoms with Crippen LogP contribution in [0.25, 0.3) is 11.7 Å². The zero-order valence-electron chi connectivity index (χ0n) is 8.64. The fourth-order valence-corrected chi connectivity index (χ4v) is 1.61. The van der Waals surface area contributed by atoms with Crippen LogP contribution < -0.4 is 5.32 Å². The van der Waals surface area contributed by atoms with Crippen LogP contribution in [-0.4, -0.2) is 22.3 Å². The van der Waals surface area contributed by atoms with Crippen LogP contribution in [0.3, 0.4) is 0 Å². The fourth-order valence-electron chi connectivity index (χ4n) is 1.37. The van der Waals surface area contributed by atoms with Crippen molar-refractivity contribution in [1.82, 2.24) is 14.7 Å². The van der Waals surface area contributed by atoms with Crippen LogP contribution in [0.4, 0.5) is 0 Å². The summed E-state index contributed by atoms with van der Waals surface area (Å²) >= 11 is 5.98. The van der Waals surface area contributed by atoms with E-state index in [0.29, 0.717) is 10.8 Å². The average molecular weight is 236 g/mol. The number of fused-ring (bicyclic) bond motifs is 1. The lowest BCUT2D eigenvalue weighted by Gasteiger charge is -1.95. The molecule has 0 bridgehead atoms. The number of pyridine rings is 1. The van der Waals surface area contributed by atoms with Gasteiger partial charge < -0.3 is 5.32 Å². The number of hydrogen-bond donors (Lipinski definition) is 1. The molecule has 0 spiro atoms. The van der Waals surface area contributed by atoms with Gasteiger partial charge in [0.05, 0.1) is 5.69 Å². The second-order valence-corrected chi connectivity index (χ2v) is 3.52. The van der Waals surface area contributed by atoms with E-state index >= 15 is 0 Å². The SMILES string of the molecule is CNC(=O)/C=C/c1c(Cl)nc2ccccn12. The number of carbonyl (C=O) groups is 1. The van der Waals surface area contributed by atoms with Crippen molar-refractivity contribution < 1.29 is 4.79 Å². The van der Waals surface area contributed by atoms with Crippen molar-refractivity contribution in [2.75, 3.05) is 7.05 Å². The van der Waals surface area contributed by atoms with Crippen molar-refractivity contribution in [3.8, 4) is 0 Å². The monoisotopic (exact) mass is 235 g/mol. The molecule has 2 aromatic heterocycles. The summed E-state index contributed by atoms with van der Waals surface area (Å²) < 4.78 is 1.82. The lowest BCUT2D eigenvalue weighted by molar-refractivity contribution is -0.115. The van der Waals surface area contributed by atoms with Gasteiger partial charge in [-0.05, 0) is 18.2 Å². The molecule has 0 aliphatic carbocycles. The summed E-state index contributed by atoms with van der Waals surface area (Å²) in [4.78, 5) is 15.2. The van der Waals surface area contributed by atoms with Gasteiger partial charge in [0.25, 0.3) is 0 Å². The summed E-state index contributed by atoms with van der Waals surface area (Å²) in [6.07, 6.45) is 4.90. The molecule has 2 heterocycles. The summed E-state index contributed by atoms with van der Waals surface area (Å²) in [5.41, 5.74) is 1.45. The Morgan fingerprint density at radius 3 is 3.12 bits per heavy atom. The maximum atomic E-state index is 11.1. The molecule has 16 heavy (non-hydrogen) atoms. The predicted octanol–water partition coefficient (Wildman–Crippen LogP) is 1.75. The molecule has 82 valence electrons. The van der Waals surface area contributed by atoms with Crippen LogP contribution in [0.5, 0.6) is 0 Å². The van der Waals surface area contributed by atoms with Gasteiger partial charge in [0.2, 0.25) is 5.91 Å². The molecule has 2 rings (SSSR count). The van der Waals surface area contributed by atoms with Crippen molar-refractivity contribution in [3.05, 3.63) is 41.3 Å². The molecule has 0 unspecified atom stereocenters. The van der Waals surface area contributed by atoms with Gasteiger partial charge in [-0.1, -0.05) is 17.7 Å². The van der Waals surface area contributed by atoms with Crippen molar-refractivity contribution >= 4 is 29.2 Å². The number of imidazole rings is 1. The Bertz CT molecular complexity index is 559. The highest BCUT2D eigenvalue weighted by atomic mass is 35.5. The number of aromatic nitrogens is 2. The fraction of sp³-hybridized carbons (Fsp3) is 0.0909. The summed E-state index contributed by atoms with van der Waals surface area (Å²) in [5.74, 6) is -0.179. The zero-order chi connectivity index (χ0) is 11.5. The standard InChI is InChI=1S/C11H10ClN3O/c1-13-10(16)6-5-8-11(12)14-9-4-2-3-7-15(8)9/h2-7H,1H3,(H,13,16)/b6-5+. The Morgan fingerprint density at radius 2 is 2.38 bits per heavy atom. The van der Waals surface area contributed by atoms with Crippen LogP contribution in [0, 0.1) is 0 Å². The Balaban J connectivity index is 2.47. The number of rotatable bonds is 2. The van der Waals surface area contributed by atoms with E-state index in [0.717, 1.165) is 5.65 Å². The van der Waals surface area contributed by atoms with Gasteiger partial charge in [-0.15, -0.1) is 0 Å². The van der Waals surface area contributed by atoms with Crippen LogP contribution in [0.1, 0.15) is 5.69 Å². The van der Waals surface area contributed by atoms with Gasteiger partial charge >= 0.3 is 0 Å². The van der Waals surface area contributed by atoms with Gasteiger partial charge in [-0.25, -0.2) is 4.98 Å². The highest BCUT2D eigenvalue weighted by molar-refractivity contribution is 6.31. The molecule has 1 amide bonds. The highest BCUT2D eigenvalue weighted by Gasteiger charge is 2.06. The first-order valence-electron chi connectivity index (χ1n) is 4.75. The second kappa shape index (κ2) is 4.37. The largest absolute Gasteiger partial charge is 0.356 e.